The number of carbonyl (C=O) groups is 3. The van der Waals surface area contributed by atoms with Crippen molar-refractivity contribution in [1.82, 2.24) is 4.98 Å². The third kappa shape index (κ3) is 4.86. The molecule has 1 amide bonds. The first-order valence-electron chi connectivity index (χ1n) is 8.12. The number of ketones is 1. The first-order chi connectivity index (χ1) is 13.0. The van der Waals surface area contributed by atoms with Crippen LogP contribution < -0.4 is 5.32 Å². The fourth-order valence-corrected chi connectivity index (χ4v) is 3.07. The summed E-state index contributed by atoms with van der Waals surface area (Å²) in [6, 6.07) is 15.9. The van der Waals surface area contributed by atoms with E-state index >= 15 is 0 Å². The van der Waals surface area contributed by atoms with Gasteiger partial charge in [-0.05, 0) is 31.2 Å². The third-order valence-corrected chi connectivity index (χ3v) is 4.53. The monoisotopic (exact) mass is 380 g/mol. The topological polar surface area (TPSA) is 85.4 Å². The summed E-state index contributed by atoms with van der Waals surface area (Å²) in [4.78, 5) is 39.5. The summed E-state index contributed by atoms with van der Waals surface area (Å²) >= 11 is 1.33. The average molecular weight is 380 g/mol. The maximum absolute atomic E-state index is 12.1. The van der Waals surface area contributed by atoms with E-state index in [0.29, 0.717) is 16.3 Å². The molecule has 1 N–H and O–H groups in total. The van der Waals surface area contributed by atoms with Gasteiger partial charge in [-0.25, -0.2) is 9.78 Å². The quantitative estimate of drug-likeness (QED) is 0.519. The number of ether oxygens (including phenoxy) is 1. The van der Waals surface area contributed by atoms with Gasteiger partial charge < -0.3 is 10.1 Å². The number of rotatable bonds is 6. The molecule has 0 aliphatic heterocycles. The highest BCUT2D eigenvalue weighted by atomic mass is 32.1. The lowest BCUT2D eigenvalue weighted by molar-refractivity contribution is -0.119. The molecule has 0 aliphatic rings. The summed E-state index contributed by atoms with van der Waals surface area (Å²) in [6.07, 6.45) is 0. The Hall–Kier alpha value is -3.32. The molecule has 136 valence electrons. The lowest BCUT2D eigenvalue weighted by atomic mass is 10.1. The second-order valence-electron chi connectivity index (χ2n) is 5.66. The summed E-state index contributed by atoms with van der Waals surface area (Å²) in [6.45, 7) is 1.04. The van der Waals surface area contributed by atoms with Crippen molar-refractivity contribution in [1.29, 1.82) is 0 Å². The summed E-state index contributed by atoms with van der Waals surface area (Å²) in [7, 11) is 0. The lowest BCUT2D eigenvalue weighted by Gasteiger charge is -2.06. The number of thiazole rings is 1. The van der Waals surface area contributed by atoms with E-state index < -0.39 is 18.5 Å². The predicted molar refractivity (Wildman–Crippen MR) is 103 cm³/mol. The number of carbonyl (C=O) groups excluding carboxylic acids is 3. The number of esters is 1. The molecule has 27 heavy (non-hydrogen) atoms. The molecule has 2 aromatic carbocycles. The molecule has 0 fully saturated rings. The fourth-order valence-electron chi connectivity index (χ4n) is 2.27. The standard InChI is InChI=1S/C20H16N2O4S/c1-13(23)14-7-9-16(10-8-14)21-18(24)11-26-20(25)17-12-27-19(22-17)15-5-3-2-4-6-15/h2-10,12H,11H2,1H3,(H,21,24). The molecule has 3 aromatic rings. The number of nitrogens with one attached hydrogen (secondary N) is 1. The minimum absolute atomic E-state index is 0.0556. The van der Waals surface area contributed by atoms with Crippen LogP contribution in [0.25, 0.3) is 10.6 Å². The number of benzene rings is 2. The number of hydrogen-bond acceptors (Lipinski definition) is 6. The van der Waals surface area contributed by atoms with Crippen LogP contribution in [-0.4, -0.2) is 29.3 Å². The Morgan fingerprint density at radius 1 is 1.04 bits per heavy atom. The van der Waals surface area contributed by atoms with Crippen LogP contribution in [0.2, 0.25) is 0 Å². The van der Waals surface area contributed by atoms with Crippen LogP contribution in [0.5, 0.6) is 0 Å². The molecule has 0 saturated carbocycles. The van der Waals surface area contributed by atoms with E-state index in [-0.39, 0.29) is 11.5 Å². The SMILES string of the molecule is CC(=O)c1ccc(NC(=O)COC(=O)c2csc(-c3ccccc3)n2)cc1. The van der Waals surface area contributed by atoms with Crippen LogP contribution in [0.1, 0.15) is 27.8 Å². The normalized spacial score (nSPS) is 10.3. The zero-order valence-corrected chi connectivity index (χ0v) is 15.3. The lowest BCUT2D eigenvalue weighted by Crippen LogP contribution is -2.21. The summed E-state index contributed by atoms with van der Waals surface area (Å²) in [5.41, 5.74) is 2.14. The highest BCUT2D eigenvalue weighted by Crippen LogP contribution is 2.23. The molecule has 0 aliphatic carbocycles. The number of nitrogens with zero attached hydrogens (tertiary/aromatic N) is 1. The van der Waals surface area contributed by atoms with Crippen LogP contribution in [0.15, 0.2) is 60.0 Å². The second-order valence-corrected chi connectivity index (χ2v) is 6.52. The molecule has 0 radical (unpaired) electrons. The molecular formula is C20H16N2O4S. The molecule has 0 atom stereocenters. The van der Waals surface area contributed by atoms with Gasteiger partial charge in [0.1, 0.15) is 5.01 Å². The molecule has 1 heterocycles. The summed E-state index contributed by atoms with van der Waals surface area (Å²) in [5, 5.41) is 4.91. The Morgan fingerprint density at radius 3 is 2.41 bits per heavy atom. The van der Waals surface area contributed by atoms with Crippen LogP contribution in [0.3, 0.4) is 0 Å². The molecule has 0 unspecified atom stereocenters. The smallest absolute Gasteiger partial charge is 0.358 e. The molecular weight excluding hydrogens is 364 g/mol. The van der Waals surface area contributed by atoms with Gasteiger partial charge in [0.2, 0.25) is 0 Å². The van der Waals surface area contributed by atoms with Gasteiger partial charge in [0.05, 0.1) is 0 Å². The first-order valence-corrected chi connectivity index (χ1v) is 9.00. The fraction of sp³-hybridized carbons (Fsp3) is 0.100. The van der Waals surface area contributed by atoms with Crippen molar-refractivity contribution < 1.29 is 19.1 Å². The molecule has 0 spiro atoms. The highest BCUT2D eigenvalue weighted by Gasteiger charge is 2.15. The van der Waals surface area contributed by atoms with E-state index in [1.165, 1.54) is 18.3 Å². The van der Waals surface area contributed by atoms with Crippen LogP contribution >= 0.6 is 11.3 Å². The maximum atomic E-state index is 12.1. The number of Topliss-reactive ketones (excluding diaryl/α,β-unsaturated/α-hetero) is 1. The van der Waals surface area contributed by atoms with E-state index in [0.717, 1.165) is 5.56 Å². The first kappa shape index (κ1) is 18.5. The Balaban J connectivity index is 1.53. The van der Waals surface area contributed by atoms with Gasteiger partial charge in [-0.1, -0.05) is 30.3 Å². The Morgan fingerprint density at radius 2 is 1.74 bits per heavy atom. The van der Waals surface area contributed by atoms with Crippen LogP contribution in [-0.2, 0) is 9.53 Å². The molecule has 1 aromatic heterocycles. The third-order valence-electron chi connectivity index (χ3n) is 3.64. The molecule has 7 heteroatoms. The van der Waals surface area contributed by atoms with Crippen molar-refractivity contribution in [3.05, 3.63) is 71.2 Å². The predicted octanol–water partition coefficient (Wildman–Crippen LogP) is 3.81. The van der Waals surface area contributed by atoms with Gasteiger partial charge in [-0.3, -0.25) is 9.59 Å². The minimum Gasteiger partial charge on any atom is -0.451 e. The van der Waals surface area contributed by atoms with Crippen LogP contribution in [0.4, 0.5) is 5.69 Å². The average Bonchev–Trinajstić information content (AvgIpc) is 3.17. The summed E-state index contributed by atoms with van der Waals surface area (Å²) < 4.78 is 5.01. The van der Waals surface area contributed by atoms with Gasteiger partial charge in [0.15, 0.2) is 18.1 Å². The zero-order valence-electron chi connectivity index (χ0n) is 14.5. The minimum atomic E-state index is -0.657. The Bertz CT molecular complexity index is 965. The number of hydrogen-bond donors (Lipinski definition) is 1. The van der Waals surface area contributed by atoms with Gasteiger partial charge in [0.25, 0.3) is 5.91 Å². The van der Waals surface area contributed by atoms with Crippen molar-refractivity contribution in [2.24, 2.45) is 0 Å². The van der Waals surface area contributed by atoms with E-state index in [4.69, 9.17) is 4.74 Å². The molecule has 0 saturated heterocycles. The Kier molecular flexibility index (Phi) is 5.73. The molecule has 6 nitrogen and oxygen atoms in total. The highest BCUT2D eigenvalue weighted by molar-refractivity contribution is 7.13. The maximum Gasteiger partial charge on any atom is 0.358 e. The molecule has 0 bridgehead atoms. The van der Waals surface area contributed by atoms with E-state index in [9.17, 15) is 14.4 Å². The van der Waals surface area contributed by atoms with E-state index in [1.807, 2.05) is 30.3 Å². The number of amides is 1. The number of aromatic nitrogens is 1. The van der Waals surface area contributed by atoms with Crippen molar-refractivity contribution in [3.8, 4) is 10.6 Å². The Labute approximate surface area is 159 Å². The summed E-state index contributed by atoms with van der Waals surface area (Å²) in [5.74, 6) is -1.19. The van der Waals surface area contributed by atoms with Crippen molar-refractivity contribution in [2.75, 3.05) is 11.9 Å². The van der Waals surface area contributed by atoms with E-state index in [1.54, 1.807) is 29.6 Å². The van der Waals surface area contributed by atoms with Gasteiger partial charge in [-0.2, -0.15) is 0 Å². The van der Waals surface area contributed by atoms with E-state index in [2.05, 4.69) is 10.3 Å². The van der Waals surface area contributed by atoms with Gasteiger partial charge >= 0.3 is 5.97 Å². The second kappa shape index (κ2) is 8.37. The number of anilines is 1. The largest absolute Gasteiger partial charge is 0.451 e. The van der Waals surface area contributed by atoms with Gasteiger partial charge in [-0.15, -0.1) is 11.3 Å². The van der Waals surface area contributed by atoms with Crippen molar-refractivity contribution in [2.45, 2.75) is 6.92 Å². The van der Waals surface area contributed by atoms with Crippen molar-refractivity contribution in [3.63, 3.8) is 0 Å². The molecule has 3 rings (SSSR count). The van der Waals surface area contributed by atoms with Crippen molar-refractivity contribution >= 4 is 34.7 Å². The van der Waals surface area contributed by atoms with Crippen LogP contribution in [0, 0.1) is 0 Å². The zero-order chi connectivity index (χ0) is 19.2. The van der Waals surface area contributed by atoms with Gasteiger partial charge in [0, 0.05) is 22.2 Å².